The van der Waals surface area contributed by atoms with Crippen LogP contribution in [0, 0.1) is 0 Å². The minimum atomic E-state index is -0.417. The Morgan fingerprint density at radius 3 is 2.18 bits per heavy atom. The lowest BCUT2D eigenvalue weighted by atomic mass is 10.2. The average molecular weight is 338 g/mol. The molecule has 2 aromatic carbocycles. The topological polar surface area (TPSA) is 55.4 Å². The summed E-state index contributed by atoms with van der Waals surface area (Å²) in [4.78, 5) is 23.7. The number of rotatable bonds is 4. The molecule has 1 N–H and O–H groups in total. The zero-order valence-electron chi connectivity index (χ0n) is 11.7. The zero-order chi connectivity index (χ0) is 16.1. The van der Waals surface area contributed by atoms with Crippen LogP contribution in [0.15, 0.2) is 42.5 Å². The van der Waals surface area contributed by atoms with Crippen LogP contribution >= 0.6 is 23.2 Å². The second kappa shape index (κ2) is 7.29. The molecule has 0 fully saturated rings. The Labute approximate surface area is 138 Å². The van der Waals surface area contributed by atoms with Crippen LogP contribution in [0.25, 0.3) is 0 Å². The van der Waals surface area contributed by atoms with E-state index in [-0.39, 0.29) is 15.6 Å². The molecule has 0 aliphatic rings. The van der Waals surface area contributed by atoms with Crippen LogP contribution < -0.4 is 5.32 Å². The maximum atomic E-state index is 12.2. The van der Waals surface area contributed by atoms with Crippen molar-refractivity contribution in [3.63, 3.8) is 0 Å². The number of nitrogens with one attached hydrogen (secondary N) is 1. The molecule has 0 unspecified atom stereocenters. The molecule has 0 heterocycles. The van der Waals surface area contributed by atoms with Gasteiger partial charge < -0.3 is 10.1 Å². The van der Waals surface area contributed by atoms with Crippen molar-refractivity contribution in [1.82, 2.24) is 0 Å². The van der Waals surface area contributed by atoms with Crippen LogP contribution in [-0.2, 0) is 4.74 Å². The molecule has 0 atom stereocenters. The Morgan fingerprint density at radius 1 is 1.05 bits per heavy atom. The third-order valence-electron chi connectivity index (χ3n) is 2.84. The third kappa shape index (κ3) is 3.78. The van der Waals surface area contributed by atoms with E-state index in [0.29, 0.717) is 17.9 Å². The molecule has 0 saturated carbocycles. The third-order valence-corrected chi connectivity index (χ3v) is 3.47. The lowest BCUT2D eigenvalue weighted by Crippen LogP contribution is -2.13. The van der Waals surface area contributed by atoms with Crippen LogP contribution in [0.1, 0.15) is 27.6 Å². The summed E-state index contributed by atoms with van der Waals surface area (Å²) in [7, 11) is 0. The maximum absolute atomic E-state index is 12.2. The van der Waals surface area contributed by atoms with Crippen LogP contribution in [0.3, 0.4) is 0 Å². The van der Waals surface area contributed by atoms with Crippen LogP contribution in [0.2, 0.25) is 10.0 Å². The maximum Gasteiger partial charge on any atom is 0.338 e. The number of carbonyl (C=O) groups excluding carboxylic acids is 2. The summed E-state index contributed by atoms with van der Waals surface area (Å²) in [5.74, 6) is -0.825. The van der Waals surface area contributed by atoms with Crippen molar-refractivity contribution in [2.24, 2.45) is 0 Å². The van der Waals surface area contributed by atoms with Gasteiger partial charge in [-0.25, -0.2) is 4.79 Å². The Balaban J connectivity index is 2.14. The van der Waals surface area contributed by atoms with Gasteiger partial charge in [-0.05, 0) is 43.3 Å². The largest absolute Gasteiger partial charge is 0.462 e. The van der Waals surface area contributed by atoms with Crippen LogP contribution in [0.5, 0.6) is 0 Å². The molecule has 4 nitrogen and oxygen atoms in total. The predicted octanol–water partition coefficient (Wildman–Crippen LogP) is 4.42. The molecular formula is C16H13Cl2NO3. The molecule has 0 spiro atoms. The van der Waals surface area contributed by atoms with E-state index in [9.17, 15) is 9.59 Å². The lowest BCUT2D eigenvalue weighted by molar-refractivity contribution is 0.0526. The quantitative estimate of drug-likeness (QED) is 0.840. The van der Waals surface area contributed by atoms with Crippen molar-refractivity contribution >= 4 is 40.8 Å². The van der Waals surface area contributed by atoms with E-state index in [0.717, 1.165) is 0 Å². The normalized spacial score (nSPS) is 10.1. The molecule has 0 radical (unpaired) electrons. The summed E-state index contributed by atoms with van der Waals surface area (Å²) >= 11 is 12.0. The van der Waals surface area contributed by atoms with E-state index < -0.39 is 11.9 Å². The van der Waals surface area contributed by atoms with Gasteiger partial charge in [0.05, 0.1) is 27.8 Å². The summed E-state index contributed by atoms with van der Waals surface area (Å²) in [6.07, 6.45) is 0. The van der Waals surface area contributed by atoms with Gasteiger partial charge in [0.2, 0.25) is 0 Å². The first-order valence-corrected chi connectivity index (χ1v) is 7.31. The first-order chi connectivity index (χ1) is 10.5. The Bertz CT molecular complexity index is 679. The molecule has 114 valence electrons. The minimum Gasteiger partial charge on any atom is -0.462 e. The summed E-state index contributed by atoms with van der Waals surface area (Å²) < 4.78 is 4.89. The SMILES string of the molecule is CCOC(=O)c1ccc(NC(=O)c2c(Cl)cccc2Cl)cc1. The molecule has 22 heavy (non-hydrogen) atoms. The highest BCUT2D eigenvalue weighted by Crippen LogP contribution is 2.25. The number of hydrogen-bond donors (Lipinski definition) is 1. The summed E-state index contributed by atoms with van der Waals surface area (Å²) in [6, 6.07) is 11.2. The highest BCUT2D eigenvalue weighted by molar-refractivity contribution is 6.40. The highest BCUT2D eigenvalue weighted by Gasteiger charge is 2.15. The molecular weight excluding hydrogens is 325 g/mol. The van der Waals surface area contributed by atoms with Gasteiger partial charge in [-0.15, -0.1) is 0 Å². The van der Waals surface area contributed by atoms with Gasteiger partial charge in [-0.3, -0.25) is 4.79 Å². The van der Waals surface area contributed by atoms with E-state index in [2.05, 4.69) is 5.32 Å². The van der Waals surface area contributed by atoms with E-state index in [1.54, 1.807) is 49.4 Å². The molecule has 6 heteroatoms. The van der Waals surface area contributed by atoms with Gasteiger partial charge in [0.15, 0.2) is 0 Å². The average Bonchev–Trinajstić information content (AvgIpc) is 2.48. The number of hydrogen-bond acceptors (Lipinski definition) is 3. The van der Waals surface area contributed by atoms with Crippen molar-refractivity contribution in [3.8, 4) is 0 Å². The lowest BCUT2D eigenvalue weighted by Gasteiger charge is -2.09. The fourth-order valence-electron chi connectivity index (χ4n) is 1.81. The fraction of sp³-hybridized carbons (Fsp3) is 0.125. The molecule has 0 aliphatic heterocycles. The van der Waals surface area contributed by atoms with Gasteiger partial charge in [0.1, 0.15) is 0 Å². The van der Waals surface area contributed by atoms with Crippen molar-refractivity contribution in [3.05, 3.63) is 63.6 Å². The minimum absolute atomic E-state index is 0.209. The number of benzene rings is 2. The Kier molecular flexibility index (Phi) is 5.41. The number of anilines is 1. The number of amides is 1. The molecule has 0 aliphatic carbocycles. The molecule has 2 rings (SSSR count). The smallest absolute Gasteiger partial charge is 0.338 e. The van der Waals surface area contributed by atoms with Crippen molar-refractivity contribution in [2.75, 3.05) is 11.9 Å². The van der Waals surface area contributed by atoms with Crippen molar-refractivity contribution < 1.29 is 14.3 Å². The van der Waals surface area contributed by atoms with Gasteiger partial charge in [0, 0.05) is 5.69 Å². The molecule has 0 aromatic heterocycles. The van der Waals surface area contributed by atoms with Crippen LogP contribution in [0.4, 0.5) is 5.69 Å². The Hall–Kier alpha value is -2.04. The Morgan fingerprint density at radius 2 is 1.64 bits per heavy atom. The van der Waals surface area contributed by atoms with Gasteiger partial charge in [-0.1, -0.05) is 29.3 Å². The highest BCUT2D eigenvalue weighted by atomic mass is 35.5. The monoisotopic (exact) mass is 337 g/mol. The summed E-state index contributed by atoms with van der Waals surface area (Å²) in [5, 5.41) is 3.22. The first kappa shape index (κ1) is 16.3. The number of halogens is 2. The van der Waals surface area contributed by atoms with Crippen molar-refractivity contribution in [2.45, 2.75) is 6.92 Å². The molecule has 2 aromatic rings. The summed E-state index contributed by atoms with van der Waals surface area (Å²) in [6.45, 7) is 2.04. The zero-order valence-corrected chi connectivity index (χ0v) is 13.2. The van der Waals surface area contributed by atoms with Crippen molar-refractivity contribution in [1.29, 1.82) is 0 Å². The van der Waals surface area contributed by atoms with E-state index >= 15 is 0 Å². The van der Waals surface area contributed by atoms with E-state index in [1.165, 1.54) is 0 Å². The van der Waals surface area contributed by atoms with Crippen LogP contribution in [-0.4, -0.2) is 18.5 Å². The number of esters is 1. The second-order valence-electron chi connectivity index (χ2n) is 4.35. The first-order valence-electron chi connectivity index (χ1n) is 6.55. The predicted molar refractivity (Wildman–Crippen MR) is 86.8 cm³/mol. The van der Waals surface area contributed by atoms with E-state index in [1.807, 2.05) is 0 Å². The van der Waals surface area contributed by atoms with Gasteiger partial charge in [0.25, 0.3) is 5.91 Å². The van der Waals surface area contributed by atoms with Gasteiger partial charge >= 0.3 is 5.97 Å². The summed E-state index contributed by atoms with van der Waals surface area (Å²) in [5.41, 5.74) is 1.14. The van der Waals surface area contributed by atoms with Gasteiger partial charge in [-0.2, -0.15) is 0 Å². The fourth-order valence-corrected chi connectivity index (χ4v) is 2.38. The molecule has 0 bridgehead atoms. The molecule has 1 amide bonds. The standard InChI is InChI=1S/C16H13Cl2NO3/c1-2-22-16(21)10-6-8-11(9-7-10)19-15(20)14-12(17)4-3-5-13(14)18/h3-9H,2H2,1H3,(H,19,20). The van der Waals surface area contributed by atoms with E-state index in [4.69, 9.17) is 27.9 Å². The number of carbonyl (C=O) groups is 2. The number of ether oxygens (including phenoxy) is 1. The second-order valence-corrected chi connectivity index (χ2v) is 5.16. The molecule has 0 saturated heterocycles.